The van der Waals surface area contributed by atoms with Crippen molar-refractivity contribution in [1.29, 1.82) is 0 Å². The quantitative estimate of drug-likeness (QED) is 0.721. The minimum Gasteiger partial charge on any atom is -0.371 e. The SMILES string of the molecule is CNC(=O)Cc1ccc(NC(=O)NC[C@H]2CCN(c3ccccc3C)C2)cc1. The number of carbonyl (C=O) groups is 2. The predicted octanol–water partition coefficient (Wildman–Crippen LogP) is 2.93. The summed E-state index contributed by atoms with van der Waals surface area (Å²) < 4.78 is 0. The maximum atomic E-state index is 12.2. The molecule has 2 aromatic rings. The van der Waals surface area contributed by atoms with Gasteiger partial charge in [-0.3, -0.25) is 4.79 Å². The summed E-state index contributed by atoms with van der Waals surface area (Å²) >= 11 is 0. The monoisotopic (exact) mass is 380 g/mol. The number of carbonyl (C=O) groups excluding carboxylic acids is 2. The van der Waals surface area contributed by atoms with E-state index in [0.717, 1.165) is 25.1 Å². The molecule has 1 atom stereocenters. The first-order valence-electron chi connectivity index (χ1n) is 9.70. The Morgan fingerprint density at radius 2 is 1.86 bits per heavy atom. The number of nitrogens with one attached hydrogen (secondary N) is 3. The van der Waals surface area contributed by atoms with Crippen LogP contribution in [0.25, 0.3) is 0 Å². The van der Waals surface area contributed by atoms with Crippen LogP contribution in [0.5, 0.6) is 0 Å². The number of likely N-dealkylation sites (N-methyl/N-ethyl adjacent to an activating group) is 1. The van der Waals surface area contributed by atoms with Crippen molar-refractivity contribution in [3.8, 4) is 0 Å². The number of urea groups is 1. The molecular weight excluding hydrogens is 352 g/mol. The van der Waals surface area contributed by atoms with Gasteiger partial charge in [0.25, 0.3) is 0 Å². The predicted molar refractivity (Wildman–Crippen MR) is 113 cm³/mol. The number of hydrogen-bond donors (Lipinski definition) is 3. The van der Waals surface area contributed by atoms with Crippen molar-refractivity contribution in [2.24, 2.45) is 5.92 Å². The maximum absolute atomic E-state index is 12.2. The van der Waals surface area contributed by atoms with E-state index in [4.69, 9.17) is 0 Å². The highest BCUT2D eigenvalue weighted by atomic mass is 16.2. The number of hydrogen-bond acceptors (Lipinski definition) is 3. The molecule has 148 valence electrons. The molecule has 0 aliphatic carbocycles. The number of anilines is 2. The summed E-state index contributed by atoms with van der Waals surface area (Å²) in [5, 5.41) is 8.42. The van der Waals surface area contributed by atoms with E-state index in [1.807, 2.05) is 24.3 Å². The van der Waals surface area contributed by atoms with Gasteiger partial charge in [0, 0.05) is 38.1 Å². The van der Waals surface area contributed by atoms with Gasteiger partial charge in [0.1, 0.15) is 0 Å². The van der Waals surface area contributed by atoms with Crippen molar-refractivity contribution in [2.75, 3.05) is 36.9 Å². The molecule has 3 N–H and O–H groups in total. The average Bonchev–Trinajstić information content (AvgIpc) is 3.17. The van der Waals surface area contributed by atoms with Crippen LogP contribution in [0.15, 0.2) is 48.5 Å². The molecule has 1 heterocycles. The number of rotatable bonds is 6. The summed E-state index contributed by atoms with van der Waals surface area (Å²) in [6.45, 7) is 4.77. The van der Waals surface area contributed by atoms with Crippen molar-refractivity contribution < 1.29 is 9.59 Å². The van der Waals surface area contributed by atoms with Crippen molar-refractivity contribution in [3.05, 3.63) is 59.7 Å². The van der Waals surface area contributed by atoms with E-state index in [9.17, 15) is 9.59 Å². The average molecular weight is 380 g/mol. The molecule has 0 saturated carbocycles. The molecule has 0 aromatic heterocycles. The number of nitrogens with zero attached hydrogens (tertiary/aromatic N) is 1. The van der Waals surface area contributed by atoms with E-state index in [1.165, 1.54) is 11.3 Å². The van der Waals surface area contributed by atoms with Crippen LogP contribution in [0.4, 0.5) is 16.2 Å². The van der Waals surface area contributed by atoms with Gasteiger partial charge in [0.15, 0.2) is 0 Å². The first-order valence-corrected chi connectivity index (χ1v) is 9.70. The first-order chi connectivity index (χ1) is 13.5. The number of amides is 3. The Bertz CT molecular complexity index is 820. The second-order valence-electron chi connectivity index (χ2n) is 7.27. The smallest absolute Gasteiger partial charge is 0.319 e. The fourth-order valence-corrected chi connectivity index (χ4v) is 3.53. The van der Waals surface area contributed by atoms with E-state index in [1.54, 1.807) is 7.05 Å². The van der Waals surface area contributed by atoms with E-state index < -0.39 is 0 Å². The lowest BCUT2D eigenvalue weighted by molar-refractivity contribution is -0.119. The zero-order chi connectivity index (χ0) is 19.9. The summed E-state index contributed by atoms with van der Waals surface area (Å²) in [4.78, 5) is 26.0. The molecule has 0 spiro atoms. The molecule has 1 saturated heterocycles. The highest BCUT2D eigenvalue weighted by molar-refractivity contribution is 5.89. The third-order valence-corrected chi connectivity index (χ3v) is 5.15. The minimum atomic E-state index is -0.201. The molecule has 2 aromatic carbocycles. The molecular formula is C22H28N4O2. The third kappa shape index (κ3) is 5.25. The molecule has 6 nitrogen and oxygen atoms in total. The Morgan fingerprint density at radius 3 is 2.57 bits per heavy atom. The molecule has 3 amide bonds. The first kappa shape index (κ1) is 19.7. The van der Waals surface area contributed by atoms with Gasteiger partial charge in [-0.15, -0.1) is 0 Å². The van der Waals surface area contributed by atoms with Gasteiger partial charge in [-0.25, -0.2) is 4.79 Å². The molecule has 1 aliphatic heterocycles. The minimum absolute atomic E-state index is 0.0326. The van der Waals surface area contributed by atoms with Gasteiger partial charge in [-0.1, -0.05) is 30.3 Å². The van der Waals surface area contributed by atoms with Crippen molar-refractivity contribution >= 4 is 23.3 Å². The van der Waals surface area contributed by atoms with Crippen LogP contribution in [0.2, 0.25) is 0 Å². The lowest BCUT2D eigenvalue weighted by Crippen LogP contribution is -2.34. The van der Waals surface area contributed by atoms with E-state index in [0.29, 0.717) is 24.6 Å². The lowest BCUT2D eigenvalue weighted by Gasteiger charge is -2.21. The van der Waals surface area contributed by atoms with Crippen molar-refractivity contribution in [2.45, 2.75) is 19.8 Å². The van der Waals surface area contributed by atoms with E-state index in [2.05, 4.69) is 52.0 Å². The summed E-state index contributed by atoms with van der Waals surface area (Å²) in [6.07, 6.45) is 1.41. The maximum Gasteiger partial charge on any atom is 0.319 e. The zero-order valence-corrected chi connectivity index (χ0v) is 16.5. The molecule has 1 aliphatic rings. The fourth-order valence-electron chi connectivity index (χ4n) is 3.53. The van der Waals surface area contributed by atoms with E-state index in [-0.39, 0.29) is 11.9 Å². The normalized spacial score (nSPS) is 15.9. The van der Waals surface area contributed by atoms with Gasteiger partial charge in [-0.2, -0.15) is 0 Å². The van der Waals surface area contributed by atoms with Crippen LogP contribution in [0, 0.1) is 12.8 Å². The van der Waals surface area contributed by atoms with Gasteiger partial charge < -0.3 is 20.9 Å². The summed E-state index contributed by atoms with van der Waals surface area (Å²) in [6, 6.07) is 15.5. The highest BCUT2D eigenvalue weighted by Gasteiger charge is 2.23. The molecule has 1 fully saturated rings. The van der Waals surface area contributed by atoms with Crippen LogP contribution in [-0.4, -0.2) is 38.6 Å². The summed E-state index contributed by atoms with van der Waals surface area (Å²) in [5.41, 5.74) is 4.19. The second-order valence-corrected chi connectivity index (χ2v) is 7.27. The Labute approximate surface area is 166 Å². The van der Waals surface area contributed by atoms with Crippen LogP contribution in [0.1, 0.15) is 17.5 Å². The van der Waals surface area contributed by atoms with Gasteiger partial charge in [-0.05, 0) is 48.6 Å². The molecule has 3 rings (SSSR count). The Balaban J connectivity index is 1.43. The van der Waals surface area contributed by atoms with Crippen LogP contribution >= 0.6 is 0 Å². The van der Waals surface area contributed by atoms with Gasteiger partial charge in [0.2, 0.25) is 5.91 Å². The lowest BCUT2D eigenvalue weighted by atomic mass is 10.1. The van der Waals surface area contributed by atoms with Crippen molar-refractivity contribution in [3.63, 3.8) is 0 Å². The van der Waals surface area contributed by atoms with Crippen LogP contribution < -0.4 is 20.9 Å². The Kier molecular flexibility index (Phi) is 6.53. The topological polar surface area (TPSA) is 73.5 Å². The highest BCUT2D eigenvalue weighted by Crippen LogP contribution is 2.26. The molecule has 0 radical (unpaired) electrons. The molecule has 0 bridgehead atoms. The zero-order valence-electron chi connectivity index (χ0n) is 16.5. The van der Waals surface area contributed by atoms with Crippen LogP contribution in [0.3, 0.4) is 0 Å². The molecule has 28 heavy (non-hydrogen) atoms. The summed E-state index contributed by atoms with van der Waals surface area (Å²) in [5.74, 6) is 0.412. The van der Waals surface area contributed by atoms with Crippen molar-refractivity contribution in [1.82, 2.24) is 10.6 Å². The van der Waals surface area contributed by atoms with Gasteiger partial charge >= 0.3 is 6.03 Å². The Hall–Kier alpha value is -3.02. The standard InChI is InChI=1S/C22H28N4O2/c1-16-5-3-4-6-20(16)26-12-11-18(15-26)14-24-22(28)25-19-9-7-17(8-10-19)13-21(27)23-2/h3-10,18H,11-15H2,1-2H3,(H,23,27)(H2,24,25,28)/t18-/m1/s1. The summed E-state index contributed by atoms with van der Waals surface area (Å²) in [7, 11) is 1.62. The molecule has 0 unspecified atom stereocenters. The fraction of sp³-hybridized carbons (Fsp3) is 0.364. The van der Waals surface area contributed by atoms with E-state index >= 15 is 0 Å². The largest absolute Gasteiger partial charge is 0.371 e. The number of para-hydroxylation sites is 1. The Morgan fingerprint density at radius 1 is 1.11 bits per heavy atom. The van der Waals surface area contributed by atoms with Crippen LogP contribution in [-0.2, 0) is 11.2 Å². The van der Waals surface area contributed by atoms with Gasteiger partial charge in [0.05, 0.1) is 6.42 Å². The second kappa shape index (κ2) is 9.26. The third-order valence-electron chi connectivity index (χ3n) is 5.15. The number of benzene rings is 2. The molecule has 6 heteroatoms. The number of aryl methyl sites for hydroxylation is 1.